The summed E-state index contributed by atoms with van der Waals surface area (Å²) in [5.41, 5.74) is 1.20. The molecule has 1 heterocycles. The molecular formula is C26H24F4N2O5. The number of ketones is 1. The summed E-state index contributed by atoms with van der Waals surface area (Å²) in [6.07, 6.45) is -2.30. The summed E-state index contributed by atoms with van der Waals surface area (Å²) in [7, 11) is 1.28. The topological polar surface area (TPSA) is 92.8 Å². The number of alkyl halides is 3. The second-order valence-corrected chi connectivity index (χ2v) is 8.44. The maximum absolute atomic E-state index is 13.9. The highest BCUT2D eigenvalue weighted by Gasteiger charge is 2.31. The first kappa shape index (κ1) is 27.6. The molecule has 0 saturated carbocycles. The number of carbonyl (C=O) groups is 4. The van der Waals surface area contributed by atoms with E-state index < -0.39 is 35.3 Å². The van der Waals surface area contributed by atoms with Gasteiger partial charge in [-0.3, -0.25) is 19.2 Å². The molecule has 0 bridgehead atoms. The zero-order valence-electron chi connectivity index (χ0n) is 20.1. The first-order chi connectivity index (χ1) is 17.4. The van der Waals surface area contributed by atoms with Gasteiger partial charge in [0.15, 0.2) is 5.78 Å². The van der Waals surface area contributed by atoms with Gasteiger partial charge in [0, 0.05) is 30.3 Å². The molecule has 7 nitrogen and oxygen atoms in total. The van der Waals surface area contributed by atoms with E-state index in [9.17, 15) is 36.7 Å². The predicted octanol–water partition coefficient (Wildman–Crippen LogP) is 3.48. The fourth-order valence-corrected chi connectivity index (χ4v) is 3.94. The van der Waals surface area contributed by atoms with Crippen LogP contribution in [0, 0.1) is 5.82 Å². The minimum Gasteiger partial charge on any atom is -0.469 e. The van der Waals surface area contributed by atoms with Crippen LogP contribution >= 0.6 is 0 Å². The van der Waals surface area contributed by atoms with Crippen molar-refractivity contribution < 1.29 is 41.5 Å². The molecule has 1 aliphatic heterocycles. The maximum atomic E-state index is 13.9. The Morgan fingerprint density at radius 2 is 1.86 bits per heavy atom. The molecule has 196 valence electrons. The molecule has 0 unspecified atom stereocenters. The quantitative estimate of drug-likeness (QED) is 0.261. The number of ether oxygens (including phenoxy) is 1. The lowest BCUT2D eigenvalue weighted by atomic mass is 9.90. The van der Waals surface area contributed by atoms with Crippen LogP contribution in [0.4, 0.5) is 17.6 Å². The van der Waals surface area contributed by atoms with E-state index >= 15 is 0 Å². The smallest absolute Gasteiger partial charge is 0.416 e. The average molecular weight is 520 g/mol. The van der Waals surface area contributed by atoms with Crippen molar-refractivity contribution in [1.82, 2.24) is 10.2 Å². The number of rotatable bonds is 7. The Labute approximate surface area is 210 Å². The first-order valence-electron chi connectivity index (χ1n) is 11.2. The maximum Gasteiger partial charge on any atom is 0.416 e. The van der Waals surface area contributed by atoms with Crippen molar-refractivity contribution in [3.8, 4) is 0 Å². The number of methoxy groups -OCH3 is 1. The van der Waals surface area contributed by atoms with Gasteiger partial charge < -0.3 is 15.0 Å². The monoisotopic (exact) mass is 520 g/mol. The third-order valence-corrected chi connectivity index (χ3v) is 5.87. The molecule has 0 aliphatic carbocycles. The molecular weight excluding hydrogens is 496 g/mol. The van der Waals surface area contributed by atoms with Gasteiger partial charge in [-0.1, -0.05) is 12.1 Å². The highest BCUT2D eigenvalue weighted by molar-refractivity contribution is 5.97. The van der Waals surface area contributed by atoms with E-state index in [1.807, 2.05) is 6.07 Å². The van der Waals surface area contributed by atoms with Gasteiger partial charge in [-0.05, 0) is 54.3 Å². The molecule has 11 heteroatoms. The van der Waals surface area contributed by atoms with E-state index in [0.29, 0.717) is 41.8 Å². The summed E-state index contributed by atoms with van der Waals surface area (Å²) < 4.78 is 56.5. The molecule has 0 radical (unpaired) electrons. The highest BCUT2D eigenvalue weighted by Crippen LogP contribution is 2.30. The second kappa shape index (κ2) is 11.4. The zero-order chi connectivity index (χ0) is 27.3. The van der Waals surface area contributed by atoms with Gasteiger partial charge in [-0.15, -0.1) is 0 Å². The van der Waals surface area contributed by atoms with E-state index in [1.165, 1.54) is 18.9 Å². The lowest BCUT2D eigenvalue weighted by Crippen LogP contribution is -2.42. The molecule has 3 rings (SSSR count). The average Bonchev–Trinajstić information content (AvgIpc) is 2.84. The van der Waals surface area contributed by atoms with Crippen LogP contribution in [-0.4, -0.2) is 48.7 Å². The van der Waals surface area contributed by atoms with Crippen LogP contribution in [-0.2, 0) is 44.7 Å². The number of halogens is 4. The van der Waals surface area contributed by atoms with Crippen molar-refractivity contribution in [3.63, 3.8) is 0 Å². The molecule has 0 aromatic heterocycles. The van der Waals surface area contributed by atoms with E-state index in [0.717, 1.165) is 23.8 Å². The van der Waals surface area contributed by atoms with Gasteiger partial charge in [0.25, 0.3) is 0 Å². The van der Waals surface area contributed by atoms with Crippen molar-refractivity contribution in [1.29, 1.82) is 0 Å². The Morgan fingerprint density at radius 1 is 1.14 bits per heavy atom. The highest BCUT2D eigenvalue weighted by atomic mass is 19.4. The van der Waals surface area contributed by atoms with E-state index in [-0.39, 0.29) is 30.9 Å². The third kappa shape index (κ3) is 7.02. The van der Waals surface area contributed by atoms with Crippen LogP contribution in [0.25, 0.3) is 6.08 Å². The Kier molecular flexibility index (Phi) is 8.46. The van der Waals surface area contributed by atoms with Crippen LogP contribution in [0.1, 0.15) is 45.1 Å². The second-order valence-electron chi connectivity index (χ2n) is 8.44. The number of hydrogen-bond acceptors (Lipinski definition) is 5. The molecule has 0 atom stereocenters. The number of amides is 2. The summed E-state index contributed by atoms with van der Waals surface area (Å²) in [4.78, 5) is 50.1. The molecule has 2 amide bonds. The number of hydrogen-bond donors (Lipinski definition) is 1. The number of esters is 1. The molecule has 2 aromatic carbocycles. The van der Waals surface area contributed by atoms with Crippen LogP contribution in [0.2, 0.25) is 0 Å². The van der Waals surface area contributed by atoms with Crippen LogP contribution in [0.15, 0.2) is 36.4 Å². The minimum absolute atomic E-state index is 0.0165. The SMILES string of the molecule is COC(=O)Cc1cc2c(c(C(C)=O)c1)CN(C(=O)CNC(=O)/C=C/c1ccc(C(F)(F)F)cc1F)CC2. The number of carbonyl (C=O) groups excluding carboxylic acids is 4. The molecule has 1 aliphatic rings. The van der Waals surface area contributed by atoms with Crippen LogP contribution in [0.3, 0.4) is 0 Å². The fourth-order valence-electron chi connectivity index (χ4n) is 3.94. The third-order valence-electron chi connectivity index (χ3n) is 5.87. The van der Waals surface area contributed by atoms with Crippen LogP contribution in [0.5, 0.6) is 0 Å². The largest absolute Gasteiger partial charge is 0.469 e. The normalized spacial score (nSPS) is 13.3. The standard InChI is InChI=1S/C26H24F4N2O5/c1-15(33)20-10-16(11-25(36)37-2)9-18-7-8-32(14-21(18)20)24(35)13-31-23(34)6-4-17-3-5-19(12-22(17)27)26(28,29)30/h3-6,9-10,12H,7-8,11,13-14H2,1-2H3,(H,31,34)/b6-4+. The number of Topliss-reactive ketones (excluding diaryl/α,β-unsaturated/α-hetero) is 1. The van der Waals surface area contributed by atoms with Gasteiger partial charge in [0.2, 0.25) is 11.8 Å². The van der Waals surface area contributed by atoms with E-state index in [1.54, 1.807) is 6.07 Å². The number of fused-ring (bicyclic) bond motifs is 1. The zero-order valence-corrected chi connectivity index (χ0v) is 20.1. The van der Waals surface area contributed by atoms with Crippen molar-refractivity contribution in [2.45, 2.75) is 32.5 Å². The Morgan fingerprint density at radius 3 is 2.49 bits per heavy atom. The van der Waals surface area contributed by atoms with Gasteiger partial charge >= 0.3 is 12.1 Å². The molecule has 0 spiro atoms. The van der Waals surface area contributed by atoms with Gasteiger partial charge in [0.05, 0.1) is 25.6 Å². The number of nitrogens with zero attached hydrogens (tertiary/aromatic N) is 1. The Bertz CT molecular complexity index is 1270. The summed E-state index contributed by atoms with van der Waals surface area (Å²) in [5.74, 6) is -2.94. The van der Waals surface area contributed by atoms with Gasteiger partial charge in [-0.2, -0.15) is 13.2 Å². The summed E-state index contributed by atoms with van der Waals surface area (Å²) in [6.45, 7) is 1.49. The molecule has 37 heavy (non-hydrogen) atoms. The summed E-state index contributed by atoms with van der Waals surface area (Å²) in [6, 6.07) is 5.36. The van der Waals surface area contributed by atoms with Gasteiger partial charge in [-0.25, -0.2) is 4.39 Å². The lowest BCUT2D eigenvalue weighted by molar-refractivity contribution is -0.140. The van der Waals surface area contributed by atoms with Gasteiger partial charge in [0.1, 0.15) is 5.82 Å². The lowest BCUT2D eigenvalue weighted by Gasteiger charge is -2.30. The minimum atomic E-state index is -4.69. The predicted molar refractivity (Wildman–Crippen MR) is 125 cm³/mol. The van der Waals surface area contributed by atoms with Crippen molar-refractivity contribution in [3.05, 3.63) is 75.6 Å². The Hall–Kier alpha value is -4.02. The van der Waals surface area contributed by atoms with Crippen molar-refractivity contribution in [2.24, 2.45) is 0 Å². The fraction of sp³-hybridized carbons (Fsp3) is 0.308. The number of nitrogens with one attached hydrogen (secondary N) is 1. The van der Waals surface area contributed by atoms with Crippen molar-refractivity contribution in [2.75, 3.05) is 20.2 Å². The van der Waals surface area contributed by atoms with E-state index in [4.69, 9.17) is 0 Å². The summed E-state index contributed by atoms with van der Waals surface area (Å²) in [5, 5.41) is 2.37. The Balaban J connectivity index is 1.62. The molecule has 0 saturated heterocycles. The molecule has 2 aromatic rings. The molecule has 1 N–H and O–H groups in total. The van der Waals surface area contributed by atoms with Crippen LogP contribution < -0.4 is 5.32 Å². The van der Waals surface area contributed by atoms with E-state index in [2.05, 4.69) is 10.1 Å². The van der Waals surface area contributed by atoms with Crippen molar-refractivity contribution >= 4 is 29.6 Å². The first-order valence-corrected chi connectivity index (χ1v) is 11.2. The summed E-state index contributed by atoms with van der Waals surface area (Å²) >= 11 is 0. The number of benzene rings is 2. The molecule has 0 fully saturated rings.